The molecule has 0 radical (unpaired) electrons. The molecule has 0 unspecified atom stereocenters. The molecule has 1 rings (SSSR count). The summed E-state index contributed by atoms with van der Waals surface area (Å²) in [6.45, 7) is 0. The third-order valence-corrected chi connectivity index (χ3v) is 3.34. The third-order valence-electron chi connectivity index (χ3n) is 1.53. The Kier molecular flexibility index (Phi) is 3.72. The topological polar surface area (TPSA) is 43.4 Å². The van der Waals surface area contributed by atoms with Crippen LogP contribution < -0.4 is 4.74 Å². The summed E-state index contributed by atoms with van der Waals surface area (Å²) in [7, 11) is -3.75. The first-order valence-electron chi connectivity index (χ1n) is 3.85. The average molecular weight is 366 g/mol. The highest BCUT2D eigenvalue weighted by atomic mass is 127. The van der Waals surface area contributed by atoms with Crippen LogP contribution >= 0.6 is 22.6 Å². The molecular weight excluding hydrogens is 360 g/mol. The van der Waals surface area contributed by atoms with Crippen LogP contribution in [-0.4, -0.2) is 21.0 Å². The monoisotopic (exact) mass is 366 g/mol. The van der Waals surface area contributed by atoms with Crippen molar-refractivity contribution >= 4 is 32.4 Å². The zero-order chi connectivity index (χ0) is 12.6. The maximum atomic E-state index is 12.0. The van der Waals surface area contributed by atoms with Crippen LogP contribution in [0.1, 0.15) is 0 Å². The van der Waals surface area contributed by atoms with Gasteiger partial charge in [0.05, 0.1) is 0 Å². The number of ether oxygens (including phenoxy) is 1. The number of rotatable bonds is 2. The molecule has 0 fully saturated rings. The molecule has 90 valence electrons. The minimum Gasteiger partial charge on any atom is -0.404 e. The maximum Gasteiger partial charge on any atom is 0.573 e. The van der Waals surface area contributed by atoms with Crippen molar-refractivity contribution in [1.29, 1.82) is 0 Å². The Balaban J connectivity index is 3.30. The van der Waals surface area contributed by atoms with Gasteiger partial charge in [0.15, 0.2) is 9.84 Å². The summed E-state index contributed by atoms with van der Waals surface area (Å²) in [6, 6.07) is 3.49. The van der Waals surface area contributed by atoms with E-state index in [0.29, 0.717) is 3.57 Å². The Morgan fingerprint density at radius 1 is 1.31 bits per heavy atom. The van der Waals surface area contributed by atoms with Gasteiger partial charge >= 0.3 is 6.36 Å². The van der Waals surface area contributed by atoms with Crippen molar-refractivity contribution in [3.63, 3.8) is 0 Å². The lowest BCUT2D eigenvalue weighted by Crippen LogP contribution is -2.19. The summed E-state index contributed by atoms with van der Waals surface area (Å²) in [5.41, 5.74) is 0. The van der Waals surface area contributed by atoms with Gasteiger partial charge in [0.25, 0.3) is 0 Å². The predicted octanol–water partition coefficient (Wildman–Crippen LogP) is 2.59. The Labute approximate surface area is 104 Å². The molecule has 0 spiro atoms. The smallest absolute Gasteiger partial charge is 0.404 e. The normalized spacial score (nSPS) is 12.6. The van der Waals surface area contributed by atoms with Gasteiger partial charge in [0, 0.05) is 9.83 Å². The number of hydrogen-bond donors (Lipinski definition) is 0. The Morgan fingerprint density at radius 3 is 2.31 bits per heavy atom. The highest BCUT2D eigenvalue weighted by molar-refractivity contribution is 14.1. The van der Waals surface area contributed by atoms with Gasteiger partial charge in [-0.3, -0.25) is 0 Å². The Morgan fingerprint density at radius 2 is 1.88 bits per heavy atom. The standard InChI is InChI=1S/C8H6F3IO3S/c1-16(13,14)7-3-2-5(12)4-6(7)15-8(9,10)11/h2-4H,1H3. The molecule has 1 aromatic rings. The maximum absolute atomic E-state index is 12.0. The minimum absolute atomic E-state index is 0.448. The van der Waals surface area contributed by atoms with Crippen molar-refractivity contribution in [2.24, 2.45) is 0 Å². The van der Waals surface area contributed by atoms with Crippen molar-refractivity contribution in [3.8, 4) is 5.75 Å². The summed E-state index contributed by atoms with van der Waals surface area (Å²) >= 11 is 1.76. The lowest BCUT2D eigenvalue weighted by atomic mass is 10.3. The number of halogens is 4. The molecule has 0 heterocycles. The Bertz CT molecular complexity index is 496. The highest BCUT2D eigenvalue weighted by Gasteiger charge is 2.33. The van der Waals surface area contributed by atoms with E-state index in [2.05, 4.69) is 4.74 Å². The molecule has 0 aliphatic carbocycles. The molecule has 3 nitrogen and oxygen atoms in total. The van der Waals surface area contributed by atoms with E-state index in [1.165, 1.54) is 6.07 Å². The fraction of sp³-hybridized carbons (Fsp3) is 0.250. The van der Waals surface area contributed by atoms with E-state index < -0.39 is 26.8 Å². The number of alkyl halides is 3. The van der Waals surface area contributed by atoms with E-state index in [1.807, 2.05) is 0 Å². The predicted molar refractivity (Wildman–Crippen MR) is 59.0 cm³/mol. The molecule has 0 aromatic heterocycles. The molecule has 1 aromatic carbocycles. The van der Waals surface area contributed by atoms with E-state index in [9.17, 15) is 21.6 Å². The van der Waals surface area contributed by atoms with Crippen LogP contribution in [0.25, 0.3) is 0 Å². The van der Waals surface area contributed by atoms with Crippen LogP contribution in [-0.2, 0) is 9.84 Å². The second kappa shape index (κ2) is 4.40. The molecular formula is C8H6F3IO3S. The minimum atomic E-state index is -4.91. The largest absolute Gasteiger partial charge is 0.573 e. The number of hydrogen-bond acceptors (Lipinski definition) is 3. The van der Waals surface area contributed by atoms with Crippen molar-refractivity contribution in [2.75, 3.05) is 6.26 Å². The lowest BCUT2D eigenvalue weighted by molar-refractivity contribution is -0.275. The molecule has 16 heavy (non-hydrogen) atoms. The van der Waals surface area contributed by atoms with Gasteiger partial charge in [-0.1, -0.05) is 0 Å². The first kappa shape index (κ1) is 13.6. The fourth-order valence-electron chi connectivity index (χ4n) is 0.993. The summed E-state index contributed by atoms with van der Waals surface area (Å²) < 4.78 is 62.6. The summed E-state index contributed by atoms with van der Waals surface area (Å²) in [5.74, 6) is -0.707. The SMILES string of the molecule is CS(=O)(=O)c1ccc(I)cc1OC(F)(F)F. The van der Waals surface area contributed by atoms with Crippen molar-refractivity contribution in [2.45, 2.75) is 11.3 Å². The van der Waals surface area contributed by atoms with Crippen LogP contribution in [0.3, 0.4) is 0 Å². The van der Waals surface area contributed by atoms with Gasteiger partial charge in [-0.25, -0.2) is 8.42 Å². The van der Waals surface area contributed by atoms with Crippen molar-refractivity contribution < 1.29 is 26.3 Å². The van der Waals surface area contributed by atoms with Gasteiger partial charge < -0.3 is 4.74 Å². The van der Waals surface area contributed by atoms with Gasteiger partial charge in [0.1, 0.15) is 10.6 Å². The van der Waals surface area contributed by atoms with E-state index in [-0.39, 0.29) is 0 Å². The van der Waals surface area contributed by atoms with Crippen LogP contribution in [0.5, 0.6) is 5.75 Å². The molecule has 0 aliphatic rings. The van der Waals surface area contributed by atoms with Crippen LogP contribution in [0.2, 0.25) is 0 Å². The lowest BCUT2D eigenvalue weighted by Gasteiger charge is -2.12. The molecule has 0 amide bonds. The Hall–Kier alpha value is -0.510. The quantitative estimate of drug-likeness (QED) is 0.756. The zero-order valence-corrected chi connectivity index (χ0v) is 10.9. The average Bonchev–Trinajstić information content (AvgIpc) is 1.97. The van der Waals surface area contributed by atoms with Gasteiger partial charge in [-0.2, -0.15) is 0 Å². The van der Waals surface area contributed by atoms with E-state index >= 15 is 0 Å². The molecule has 0 N–H and O–H groups in total. The zero-order valence-electron chi connectivity index (χ0n) is 7.88. The van der Waals surface area contributed by atoms with Crippen molar-refractivity contribution in [1.82, 2.24) is 0 Å². The second-order valence-electron chi connectivity index (χ2n) is 2.91. The molecule has 0 saturated heterocycles. The van der Waals surface area contributed by atoms with Crippen LogP contribution in [0, 0.1) is 3.57 Å². The molecule has 0 aliphatic heterocycles. The van der Waals surface area contributed by atoms with Crippen LogP contribution in [0.4, 0.5) is 13.2 Å². The summed E-state index contributed by atoms with van der Waals surface area (Å²) in [6.07, 6.45) is -4.09. The summed E-state index contributed by atoms with van der Waals surface area (Å²) in [5, 5.41) is 0. The molecule has 0 saturated carbocycles. The molecule has 0 bridgehead atoms. The first-order chi connectivity index (χ1) is 7.09. The third kappa shape index (κ3) is 3.81. The highest BCUT2D eigenvalue weighted by Crippen LogP contribution is 2.30. The van der Waals surface area contributed by atoms with Gasteiger partial charge in [0.2, 0.25) is 0 Å². The second-order valence-corrected chi connectivity index (χ2v) is 6.14. The van der Waals surface area contributed by atoms with E-state index in [4.69, 9.17) is 0 Å². The molecule has 8 heteroatoms. The number of sulfone groups is 1. The van der Waals surface area contributed by atoms with Gasteiger partial charge in [-0.05, 0) is 40.8 Å². The van der Waals surface area contributed by atoms with E-state index in [0.717, 1.165) is 18.4 Å². The number of benzene rings is 1. The molecule has 0 atom stereocenters. The first-order valence-corrected chi connectivity index (χ1v) is 6.82. The van der Waals surface area contributed by atoms with Crippen molar-refractivity contribution in [3.05, 3.63) is 21.8 Å². The van der Waals surface area contributed by atoms with E-state index in [1.54, 1.807) is 22.6 Å². The summed E-state index contributed by atoms with van der Waals surface area (Å²) in [4.78, 5) is -0.481. The van der Waals surface area contributed by atoms with Crippen LogP contribution in [0.15, 0.2) is 23.1 Å². The fourth-order valence-corrected chi connectivity index (χ4v) is 2.24. The van der Waals surface area contributed by atoms with Gasteiger partial charge in [-0.15, -0.1) is 13.2 Å².